The lowest BCUT2D eigenvalue weighted by Gasteiger charge is -2.23. The molecular formula is C14H19BrO2. The van der Waals surface area contributed by atoms with Gasteiger partial charge in [0.15, 0.2) is 0 Å². The van der Waals surface area contributed by atoms with Gasteiger partial charge in [-0.05, 0) is 48.9 Å². The molecule has 94 valence electrons. The van der Waals surface area contributed by atoms with Gasteiger partial charge in [-0.1, -0.05) is 22.9 Å². The third-order valence-corrected chi connectivity index (χ3v) is 4.38. The summed E-state index contributed by atoms with van der Waals surface area (Å²) < 4.78 is 6.27. The predicted octanol–water partition coefficient (Wildman–Crippen LogP) is 3.55. The minimum Gasteiger partial charge on any atom is -0.497 e. The van der Waals surface area contributed by atoms with Crippen molar-refractivity contribution in [2.24, 2.45) is 5.92 Å². The molecule has 0 heterocycles. The molecule has 0 aliphatic heterocycles. The van der Waals surface area contributed by atoms with E-state index in [1.165, 1.54) is 0 Å². The molecule has 2 nitrogen and oxygen atoms in total. The lowest BCUT2D eigenvalue weighted by molar-refractivity contribution is 0.0444. The zero-order valence-corrected chi connectivity index (χ0v) is 12.0. The van der Waals surface area contributed by atoms with E-state index in [-0.39, 0.29) is 0 Å². The van der Waals surface area contributed by atoms with Gasteiger partial charge in [-0.15, -0.1) is 0 Å². The summed E-state index contributed by atoms with van der Waals surface area (Å²) in [5, 5.41) is 10.5. The summed E-state index contributed by atoms with van der Waals surface area (Å²) in [4.78, 5) is 0. The van der Waals surface area contributed by atoms with E-state index >= 15 is 0 Å². The van der Waals surface area contributed by atoms with Gasteiger partial charge in [-0.3, -0.25) is 0 Å². The van der Waals surface area contributed by atoms with Gasteiger partial charge in [0.1, 0.15) is 5.75 Å². The van der Waals surface area contributed by atoms with E-state index in [0.29, 0.717) is 12.3 Å². The molecule has 0 bridgehead atoms. The molecule has 0 radical (unpaired) electrons. The molecule has 0 aromatic heterocycles. The number of hydrogen-bond donors (Lipinski definition) is 1. The smallest absolute Gasteiger partial charge is 0.119 e. The summed E-state index contributed by atoms with van der Waals surface area (Å²) in [6, 6.07) is 5.91. The SMILES string of the molecule is COc1ccc(Br)c(CC2(O)CCC(C)C2)c1. The van der Waals surface area contributed by atoms with Gasteiger partial charge in [0.05, 0.1) is 12.7 Å². The maximum atomic E-state index is 10.5. The lowest BCUT2D eigenvalue weighted by atomic mass is 9.92. The average Bonchev–Trinajstić information content (AvgIpc) is 2.62. The van der Waals surface area contributed by atoms with Crippen molar-refractivity contribution in [3.8, 4) is 5.75 Å². The number of halogens is 1. The number of benzene rings is 1. The Morgan fingerprint density at radius 3 is 2.88 bits per heavy atom. The van der Waals surface area contributed by atoms with Gasteiger partial charge >= 0.3 is 0 Å². The van der Waals surface area contributed by atoms with Crippen LogP contribution in [0.5, 0.6) is 5.75 Å². The van der Waals surface area contributed by atoms with Crippen LogP contribution in [0.3, 0.4) is 0 Å². The van der Waals surface area contributed by atoms with E-state index in [4.69, 9.17) is 4.74 Å². The van der Waals surface area contributed by atoms with E-state index < -0.39 is 5.60 Å². The number of aliphatic hydroxyl groups is 1. The first-order valence-electron chi connectivity index (χ1n) is 6.07. The third-order valence-electron chi connectivity index (χ3n) is 3.60. The summed E-state index contributed by atoms with van der Waals surface area (Å²) >= 11 is 3.54. The summed E-state index contributed by atoms with van der Waals surface area (Å²) in [7, 11) is 1.67. The van der Waals surface area contributed by atoms with Crippen LogP contribution in [0.25, 0.3) is 0 Å². The molecule has 0 amide bonds. The Labute approximate surface area is 111 Å². The van der Waals surface area contributed by atoms with E-state index in [1.807, 2.05) is 18.2 Å². The Kier molecular flexibility index (Phi) is 3.79. The second-order valence-corrected chi connectivity index (χ2v) is 6.06. The lowest BCUT2D eigenvalue weighted by Crippen LogP contribution is -2.27. The average molecular weight is 299 g/mol. The van der Waals surface area contributed by atoms with Gasteiger partial charge in [0.2, 0.25) is 0 Å². The van der Waals surface area contributed by atoms with Gasteiger partial charge in [-0.25, -0.2) is 0 Å². The molecule has 1 saturated carbocycles. The van der Waals surface area contributed by atoms with Gasteiger partial charge in [0.25, 0.3) is 0 Å². The van der Waals surface area contributed by atoms with Crippen LogP contribution < -0.4 is 4.74 Å². The molecular weight excluding hydrogens is 280 g/mol. The number of ether oxygens (including phenoxy) is 1. The molecule has 3 heteroatoms. The second-order valence-electron chi connectivity index (χ2n) is 5.21. The molecule has 1 aliphatic rings. The van der Waals surface area contributed by atoms with Crippen LogP contribution in [-0.2, 0) is 6.42 Å². The van der Waals surface area contributed by atoms with Gasteiger partial charge in [-0.2, -0.15) is 0 Å². The summed E-state index contributed by atoms with van der Waals surface area (Å²) in [5.41, 5.74) is 0.592. The Balaban J connectivity index is 2.17. The Morgan fingerprint density at radius 2 is 2.29 bits per heavy atom. The normalized spacial score (nSPS) is 28.4. The van der Waals surface area contributed by atoms with E-state index in [1.54, 1.807) is 7.11 Å². The summed E-state index contributed by atoms with van der Waals surface area (Å²) in [6.07, 6.45) is 3.63. The Morgan fingerprint density at radius 1 is 1.53 bits per heavy atom. The second kappa shape index (κ2) is 4.99. The number of methoxy groups -OCH3 is 1. The van der Waals surface area contributed by atoms with Crippen molar-refractivity contribution in [3.05, 3.63) is 28.2 Å². The van der Waals surface area contributed by atoms with E-state index in [9.17, 15) is 5.11 Å². The quantitative estimate of drug-likeness (QED) is 0.925. The fourth-order valence-corrected chi connectivity index (χ4v) is 3.08. The summed E-state index contributed by atoms with van der Waals surface area (Å²) in [5.74, 6) is 1.47. The zero-order valence-electron chi connectivity index (χ0n) is 10.4. The Hall–Kier alpha value is -0.540. The zero-order chi connectivity index (χ0) is 12.5. The minimum atomic E-state index is -0.533. The molecule has 1 fully saturated rings. The maximum absolute atomic E-state index is 10.5. The highest BCUT2D eigenvalue weighted by Crippen LogP contribution is 2.38. The molecule has 2 rings (SSSR count). The van der Waals surface area contributed by atoms with Crippen molar-refractivity contribution in [2.45, 2.75) is 38.2 Å². The molecule has 1 aliphatic carbocycles. The topological polar surface area (TPSA) is 29.5 Å². The van der Waals surface area contributed by atoms with Crippen molar-refractivity contribution in [3.63, 3.8) is 0 Å². The summed E-state index contributed by atoms with van der Waals surface area (Å²) in [6.45, 7) is 2.21. The van der Waals surface area contributed by atoms with Crippen LogP contribution in [0, 0.1) is 5.92 Å². The van der Waals surface area contributed by atoms with Gasteiger partial charge < -0.3 is 9.84 Å². The van der Waals surface area contributed by atoms with Crippen molar-refractivity contribution in [2.75, 3.05) is 7.11 Å². The first-order valence-corrected chi connectivity index (χ1v) is 6.86. The number of hydrogen-bond acceptors (Lipinski definition) is 2. The van der Waals surface area contributed by atoms with Crippen LogP contribution in [-0.4, -0.2) is 17.8 Å². The molecule has 0 saturated heterocycles. The fourth-order valence-electron chi connectivity index (χ4n) is 2.70. The van der Waals surface area contributed by atoms with Crippen LogP contribution >= 0.6 is 15.9 Å². The van der Waals surface area contributed by atoms with Crippen molar-refractivity contribution in [1.29, 1.82) is 0 Å². The van der Waals surface area contributed by atoms with Crippen LogP contribution in [0.1, 0.15) is 31.7 Å². The molecule has 1 aromatic carbocycles. The van der Waals surface area contributed by atoms with Crippen LogP contribution in [0.2, 0.25) is 0 Å². The predicted molar refractivity (Wildman–Crippen MR) is 72.4 cm³/mol. The molecule has 1 N–H and O–H groups in total. The maximum Gasteiger partial charge on any atom is 0.119 e. The fraction of sp³-hybridized carbons (Fsp3) is 0.571. The highest BCUT2D eigenvalue weighted by molar-refractivity contribution is 9.10. The van der Waals surface area contributed by atoms with Crippen molar-refractivity contribution < 1.29 is 9.84 Å². The van der Waals surface area contributed by atoms with E-state index in [0.717, 1.165) is 35.0 Å². The molecule has 0 spiro atoms. The number of rotatable bonds is 3. The highest BCUT2D eigenvalue weighted by Gasteiger charge is 2.35. The third kappa shape index (κ3) is 3.02. The molecule has 2 unspecified atom stereocenters. The molecule has 1 aromatic rings. The molecule has 2 atom stereocenters. The minimum absolute atomic E-state index is 0.533. The van der Waals surface area contributed by atoms with Crippen LogP contribution in [0.15, 0.2) is 22.7 Å². The van der Waals surface area contributed by atoms with E-state index in [2.05, 4.69) is 22.9 Å². The van der Waals surface area contributed by atoms with Crippen LogP contribution in [0.4, 0.5) is 0 Å². The molecule has 17 heavy (non-hydrogen) atoms. The van der Waals surface area contributed by atoms with Gasteiger partial charge in [0, 0.05) is 10.9 Å². The van der Waals surface area contributed by atoms with Crippen molar-refractivity contribution in [1.82, 2.24) is 0 Å². The first kappa shape index (κ1) is 12.9. The van der Waals surface area contributed by atoms with Crippen molar-refractivity contribution >= 4 is 15.9 Å². The highest BCUT2D eigenvalue weighted by atomic mass is 79.9. The first-order chi connectivity index (χ1) is 8.02. The Bertz CT molecular complexity index is 405. The standard InChI is InChI=1S/C14H19BrO2/c1-10-5-6-14(16,8-10)9-11-7-12(17-2)3-4-13(11)15/h3-4,7,10,16H,5-6,8-9H2,1-2H3. The monoisotopic (exact) mass is 298 g/mol. The largest absolute Gasteiger partial charge is 0.497 e.